The second kappa shape index (κ2) is 4.70. The van der Waals surface area contributed by atoms with Gasteiger partial charge in [-0.05, 0) is 23.3 Å². The molecule has 1 aliphatic heterocycles. The molecule has 22 heavy (non-hydrogen) atoms. The van der Waals surface area contributed by atoms with Gasteiger partial charge >= 0.3 is 0 Å². The lowest BCUT2D eigenvalue weighted by atomic mass is 10.1. The zero-order chi connectivity index (χ0) is 15.1. The van der Waals surface area contributed by atoms with Gasteiger partial charge in [0.1, 0.15) is 0 Å². The minimum absolute atomic E-state index is 0.0389. The van der Waals surface area contributed by atoms with Gasteiger partial charge in [0.25, 0.3) is 5.91 Å². The van der Waals surface area contributed by atoms with E-state index in [2.05, 4.69) is 4.99 Å². The highest BCUT2D eigenvalue weighted by atomic mass is 16.3. The molecule has 106 valence electrons. The van der Waals surface area contributed by atoms with Crippen molar-refractivity contribution in [3.05, 3.63) is 71.9 Å². The van der Waals surface area contributed by atoms with Gasteiger partial charge in [-0.15, -0.1) is 0 Å². The molecule has 1 aromatic heterocycles. The van der Waals surface area contributed by atoms with Crippen LogP contribution in [0.5, 0.6) is 5.88 Å². The Morgan fingerprint density at radius 2 is 1.59 bits per heavy atom. The summed E-state index contributed by atoms with van der Waals surface area (Å²) in [6, 6.07) is 17.9. The van der Waals surface area contributed by atoms with Gasteiger partial charge < -0.3 is 5.11 Å². The number of aliphatic imine (C=N–C) groups is 1. The molecule has 1 N–H and O–H groups in total. The molecule has 0 aliphatic carbocycles. The van der Waals surface area contributed by atoms with Crippen molar-refractivity contribution in [1.82, 2.24) is 4.57 Å². The normalized spacial score (nSPS) is 12.6. The fourth-order valence-corrected chi connectivity index (χ4v) is 2.64. The molecule has 0 spiro atoms. The fraction of sp³-hybridized carbons (Fsp3) is 0. The molecule has 0 atom stereocenters. The number of carbonyl (C=O) groups excluding carboxylic acids is 1. The van der Waals surface area contributed by atoms with Crippen molar-refractivity contribution in [2.24, 2.45) is 4.99 Å². The van der Waals surface area contributed by atoms with Crippen LogP contribution in [0.2, 0.25) is 0 Å². The summed E-state index contributed by atoms with van der Waals surface area (Å²) < 4.78 is 1.60. The average Bonchev–Trinajstić information content (AvgIpc) is 3.09. The highest BCUT2D eigenvalue weighted by molar-refractivity contribution is 6.14. The summed E-state index contributed by atoms with van der Waals surface area (Å²) in [7, 11) is 0. The first-order valence-corrected chi connectivity index (χ1v) is 6.92. The van der Waals surface area contributed by atoms with Crippen LogP contribution in [0.15, 0.2) is 65.8 Å². The van der Waals surface area contributed by atoms with Gasteiger partial charge in [-0.3, -0.25) is 9.36 Å². The minimum atomic E-state index is -0.315. The quantitative estimate of drug-likeness (QED) is 0.785. The molecule has 4 heteroatoms. The lowest BCUT2D eigenvalue weighted by Gasteiger charge is -2.07. The van der Waals surface area contributed by atoms with Crippen LogP contribution in [0.4, 0.5) is 0 Å². The second-order valence-corrected chi connectivity index (χ2v) is 5.13. The topological polar surface area (TPSA) is 54.6 Å². The van der Waals surface area contributed by atoms with Gasteiger partial charge in [-0.2, -0.15) is 0 Å². The second-order valence-electron chi connectivity index (χ2n) is 5.13. The molecule has 1 amide bonds. The molecule has 0 saturated heterocycles. The Hall–Kier alpha value is -3.14. The van der Waals surface area contributed by atoms with Gasteiger partial charge in [0.05, 0.1) is 11.1 Å². The van der Waals surface area contributed by atoms with E-state index in [9.17, 15) is 9.90 Å². The maximum absolute atomic E-state index is 11.6. The highest BCUT2D eigenvalue weighted by Crippen LogP contribution is 2.30. The van der Waals surface area contributed by atoms with Crippen molar-refractivity contribution in [3.8, 4) is 22.7 Å². The number of fused-ring (bicyclic) bond motifs is 1. The van der Waals surface area contributed by atoms with E-state index in [-0.39, 0.29) is 11.8 Å². The molecule has 2 heterocycles. The Bertz CT molecular complexity index is 891. The molecular weight excluding hydrogens is 276 g/mol. The van der Waals surface area contributed by atoms with Crippen LogP contribution in [0.1, 0.15) is 15.9 Å². The van der Waals surface area contributed by atoms with E-state index >= 15 is 0 Å². The van der Waals surface area contributed by atoms with Crippen molar-refractivity contribution in [2.45, 2.75) is 0 Å². The molecule has 0 unspecified atom stereocenters. The number of benzene rings is 2. The number of aromatic nitrogens is 1. The summed E-state index contributed by atoms with van der Waals surface area (Å²) in [5, 5.41) is 10.2. The third-order valence-electron chi connectivity index (χ3n) is 3.81. The number of hydrogen-bond donors (Lipinski definition) is 1. The number of hydrogen-bond acceptors (Lipinski definition) is 2. The summed E-state index contributed by atoms with van der Waals surface area (Å²) in [6.07, 6.45) is 3.03. The summed E-state index contributed by atoms with van der Waals surface area (Å²) in [5.41, 5.74) is 3.95. The molecule has 4 nitrogen and oxygen atoms in total. The predicted octanol–water partition coefficient (Wildman–Crippen LogP) is 3.42. The Kier molecular flexibility index (Phi) is 2.69. The number of nitrogens with zero attached hydrogens (tertiary/aromatic N) is 2. The van der Waals surface area contributed by atoms with E-state index in [0.717, 1.165) is 16.8 Å². The Balaban J connectivity index is 1.75. The third-order valence-corrected chi connectivity index (χ3v) is 3.81. The van der Waals surface area contributed by atoms with Gasteiger partial charge in [0.15, 0.2) is 0 Å². The van der Waals surface area contributed by atoms with Crippen LogP contribution in [-0.4, -0.2) is 21.8 Å². The smallest absolute Gasteiger partial charge is 0.279 e. The first kappa shape index (κ1) is 12.6. The average molecular weight is 288 g/mol. The maximum atomic E-state index is 11.6. The Labute approximate surface area is 127 Å². The van der Waals surface area contributed by atoms with Gasteiger partial charge in [-0.1, -0.05) is 42.5 Å². The Morgan fingerprint density at radius 1 is 0.909 bits per heavy atom. The monoisotopic (exact) mass is 288 g/mol. The number of amides is 1. The largest absolute Gasteiger partial charge is 0.494 e. The molecule has 0 bridgehead atoms. The standard InChI is InChI=1S/C18H12N2O2/c21-17-16-11-20(18(22)15(16)10-19-17)14-8-6-13(7-9-14)12-4-2-1-3-5-12/h1-11,22H. The minimum Gasteiger partial charge on any atom is -0.494 e. The van der Waals surface area contributed by atoms with E-state index in [0.29, 0.717) is 11.1 Å². The van der Waals surface area contributed by atoms with Crippen molar-refractivity contribution in [3.63, 3.8) is 0 Å². The van der Waals surface area contributed by atoms with Crippen LogP contribution in [0, 0.1) is 0 Å². The van der Waals surface area contributed by atoms with Crippen LogP contribution in [0.3, 0.4) is 0 Å². The van der Waals surface area contributed by atoms with Crippen molar-refractivity contribution < 1.29 is 9.90 Å². The number of carbonyl (C=O) groups is 1. The van der Waals surface area contributed by atoms with E-state index < -0.39 is 0 Å². The van der Waals surface area contributed by atoms with E-state index in [4.69, 9.17) is 0 Å². The lowest BCUT2D eigenvalue weighted by molar-refractivity contribution is 0.101. The zero-order valence-corrected chi connectivity index (χ0v) is 11.6. The van der Waals surface area contributed by atoms with E-state index in [1.54, 1.807) is 10.8 Å². The van der Waals surface area contributed by atoms with Crippen LogP contribution in [-0.2, 0) is 0 Å². The van der Waals surface area contributed by atoms with E-state index in [1.165, 1.54) is 6.21 Å². The zero-order valence-electron chi connectivity index (χ0n) is 11.6. The molecular formula is C18H12N2O2. The molecule has 2 aromatic carbocycles. The number of aromatic hydroxyl groups is 1. The maximum Gasteiger partial charge on any atom is 0.279 e. The van der Waals surface area contributed by atoms with Gasteiger partial charge in [0.2, 0.25) is 5.88 Å². The fourth-order valence-electron chi connectivity index (χ4n) is 2.64. The van der Waals surface area contributed by atoms with Gasteiger partial charge in [0, 0.05) is 18.1 Å². The van der Waals surface area contributed by atoms with Crippen molar-refractivity contribution in [2.75, 3.05) is 0 Å². The molecule has 0 fully saturated rings. The SMILES string of the molecule is O=C1N=Cc2c1cn(-c1ccc(-c3ccccc3)cc1)c2O. The molecule has 1 aliphatic rings. The van der Waals surface area contributed by atoms with Crippen LogP contribution in [0.25, 0.3) is 16.8 Å². The molecule has 4 rings (SSSR count). The summed E-state index contributed by atoms with van der Waals surface area (Å²) >= 11 is 0. The Morgan fingerprint density at radius 3 is 2.27 bits per heavy atom. The van der Waals surface area contributed by atoms with Crippen molar-refractivity contribution >= 4 is 12.1 Å². The van der Waals surface area contributed by atoms with Gasteiger partial charge in [-0.25, -0.2) is 4.99 Å². The molecule has 3 aromatic rings. The summed E-state index contributed by atoms with van der Waals surface area (Å²) in [4.78, 5) is 15.3. The van der Waals surface area contributed by atoms with Crippen LogP contribution < -0.4 is 0 Å². The lowest BCUT2D eigenvalue weighted by Crippen LogP contribution is -1.93. The van der Waals surface area contributed by atoms with E-state index in [1.807, 2.05) is 54.6 Å². The summed E-state index contributed by atoms with van der Waals surface area (Å²) in [6.45, 7) is 0. The number of rotatable bonds is 2. The third kappa shape index (κ3) is 1.85. The first-order valence-electron chi connectivity index (χ1n) is 6.92. The molecule has 0 saturated carbocycles. The molecule has 0 radical (unpaired) electrons. The first-order chi connectivity index (χ1) is 10.7. The van der Waals surface area contributed by atoms with Crippen molar-refractivity contribution in [1.29, 1.82) is 0 Å². The van der Waals surface area contributed by atoms with Crippen LogP contribution >= 0.6 is 0 Å². The highest BCUT2D eigenvalue weighted by Gasteiger charge is 2.23. The summed E-state index contributed by atoms with van der Waals surface area (Å²) in [5.74, 6) is -0.276. The predicted molar refractivity (Wildman–Crippen MR) is 84.8 cm³/mol.